The lowest BCUT2D eigenvalue weighted by molar-refractivity contribution is 0.0687. The summed E-state index contributed by atoms with van der Waals surface area (Å²) in [5.41, 5.74) is 0.467. The molecule has 3 rings (SSSR count). The molecule has 1 aromatic heterocycles. The molecule has 0 spiro atoms. The fraction of sp³-hybridized carbons (Fsp3) is 0.333. The molecule has 1 amide bonds. The van der Waals surface area contributed by atoms with Crippen molar-refractivity contribution in [1.82, 2.24) is 19.0 Å². The van der Waals surface area contributed by atoms with Crippen molar-refractivity contribution in [2.24, 2.45) is 7.05 Å². The van der Waals surface area contributed by atoms with Gasteiger partial charge in [-0.25, -0.2) is 8.42 Å². The minimum Gasteiger partial charge on any atom is -0.335 e. The van der Waals surface area contributed by atoms with E-state index < -0.39 is 10.0 Å². The standard InChI is InChI=1S/C15H16Cl2N4O3S/c1-19-13(4-5-18-19)15(22)20-6-8-21(9-7-20)25(23,24)14-10-11(16)2-3-12(14)17/h2-5,10H,6-9H2,1H3. The SMILES string of the molecule is Cn1nccc1C(=O)N1CCN(S(=O)(=O)c2cc(Cl)ccc2Cl)CC1. The Balaban J connectivity index is 1.74. The highest BCUT2D eigenvalue weighted by Crippen LogP contribution is 2.28. The number of sulfonamides is 1. The number of hydrogen-bond donors (Lipinski definition) is 0. The summed E-state index contributed by atoms with van der Waals surface area (Å²) in [4.78, 5) is 14.1. The Hall–Kier alpha value is -1.61. The molecule has 1 saturated heterocycles. The summed E-state index contributed by atoms with van der Waals surface area (Å²) in [5, 5.41) is 4.40. The molecule has 0 aliphatic carbocycles. The average molecular weight is 403 g/mol. The van der Waals surface area contributed by atoms with Crippen molar-refractivity contribution < 1.29 is 13.2 Å². The molecule has 0 N–H and O–H groups in total. The summed E-state index contributed by atoms with van der Waals surface area (Å²) in [7, 11) is -2.08. The number of amides is 1. The van der Waals surface area contributed by atoms with Crippen molar-refractivity contribution in [3.8, 4) is 0 Å². The van der Waals surface area contributed by atoms with Crippen molar-refractivity contribution in [2.45, 2.75) is 4.90 Å². The number of carbonyl (C=O) groups excluding carboxylic acids is 1. The van der Waals surface area contributed by atoms with Crippen LogP contribution in [0.25, 0.3) is 0 Å². The van der Waals surface area contributed by atoms with E-state index in [9.17, 15) is 13.2 Å². The van der Waals surface area contributed by atoms with E-state index in [2.05, 4.69) is 5.10 Å². The second kappa shape index (κ2) is 6.95. The maximum Gasteiger partial charge on any atom is 0.272 e. The molecule has 134 valence electrons. The van der Waals surface area contributed by atoms with Gasteiger partial charge in [-0.05, 0) is 24.3 Å². The largest absolute Gasteiger partial charge is 0.335 e. The van der Waals surface area contributed by atoms with E-state index in [-0.39, 0.29) is 28.9 Å². The smallest absolute Gasteiger partial charge is 0.272 e. The minimum atomic E-state index is -3.76. The molecule has 0 atom stereocenters. The summed E-state index contributed by atoms with van der Waals surface area (Å²) < 4.78 is 28.4. The average Bonchev–Trinajstić information content (AvgIpc) is 3.02. The highest BCUT2D eigenvalue weighted by atomic mass is 35.5. The molecule has 0 unspecified atom stereocenters. The Kier molecular flexibility index (Phi) is 5.06. The Morgan fingerprint density at radius 3 is 2.40 bits per heavy atom. The van der Waals surface area contributed by atoms with Gasteiger partial charge < -0.3 is 4.90 Å². The first-order valence-corrected chi connectivity index (χ1v) is 9.73. The highest BCUT2D eigenvalue weighted by molar-refractivity contribution is 7.89. The summed E-state index contributed by atoms with van der Waals surface area (Å²) in [5.74, 6) is -0.169. The van der Waals surface area contributed by atoms with Gasteiger partial charge in [-0.15, -0.1) is 0 Å². The van der Waals surface area contributed by atoms with Crippen LogP contribution in [0.4, 0.5) is 0 Å². The molecule has 1 aliphatic heterocycles. The van der Waals surface area contributed by atoms with Gasteiger partial charge >= 0.3 is 0 Å². The van der Waals surface area contributed by atoms with Crippen LogP contribution in [-0.4, -0.2) is 59.5 Å². The molecule has 1 aliphatic rings. The lowest BCUT2D eigenvalue weighted by atomic mass is 10.3. The number of aromatic nitrogens is 2. The third-order valence-corrected chi connectivity index (χ3v) is 6.69. The van der Waals surface area contributed by atoms with Crippen molar-refractivity contribution in [1.29, 1.82) is 0 Å². The van der Waals surface area contributed by atoms with Gasteiger partial charge in [0.2, 0.25) is 10.0 Å². The zero-order chi connectivity index (χ0) is 18.2. The van der Waals surface area contributed by atoms with Gasteiger partial charge in [0.25, 0.3) is 5.91 Å². The van der Waals surface area contributed by atoms with E-state index in [0.29, 0.717) is 23.8 Å². The van der Waals surface area contributed by atoms with E-state index in [1.165, 1.54) is 27.2 Å². The van der Waals surface area contributed by atoms with Crippen LogP contribution in [0, 0.1) is 0 Å². The second-order valence-corrected chi connectivity index (χ2v) is 8.36. The predicted molar refractivity (Wildman–Crippen MR) is 94.3 cm³/mol. The van der Waals surface area contributed by atoms with Crippen LogP contribution >= 0.6 is 23.2 Å². The van der Waals surface area contributed by atoms with Gasteiger partial charge in [-0.2, -0.15) is 9.40 Å². The molecular formula is C15H16Cl2N4O3S. The maximum atomic E-state index is 12.8. The minimum absolute atomic E-state index is 0.0203. The number of rotatable bonds is 3. The van der Waals surface area contributed by atoms with Gasteiger partial charge in [0.1, 0.15) is 10.6 Å². The van der Waals surface area contributed by atoms with Crippen LogP contribution in [-0.2, 0) is 17.1 Å². The van der Waals surface area contributed by atoms with E-state index in [1.54, 1.807) is 24.2 Å². The molecular weight excluding hydrogens is 387 g/mol. The zero-order valence-electron chi connectivity index (χ0n) is 13.4. The molecule has 2 aromatic rings. The molecule has 10 heteroatoms. The van der Waals surface area contributed by atoms with E-state index in [4.69, 9.17) is 23.2 Å². The monoisotopic (exact) mass is 402 g/mol. The van der Waals surface area contributed by atoms with Crippen molar-refractivity contribution in [3.05, 3.63) is 46.2 Å². The topological polar surface area (TPSA) is 75.5 Å². The number of nitrogens with zero attached hydrogens (tertiary/aromatic N) is 4. The number of halogens is 2. The van der Waals surface area contributed by atoms with Gasteiger partial charge in [0.15, 0.2) is 0 Å². The number of hydrogen-bond acceptors (Lipinski definition) is 4. The third kappa shape index (κ3) is 3.52. The quantitative estimate of drug-likeness (QED) is 0.784. The zero-order valence-corrected chi connectivity index (χ0v) is 15.7. The van der Waals surface area contributed by atoms with Crippen LogP contribution in [0.3, 0.4) is 0 Å². The molecule has 0 radical (unpaired) electrons. The highest BCUT2D eigenvalue weighted by Gasteiger charge is 2.32. The van der Waals surface area contributed by atoms with Gasteiger partial charge in [0, 0.05) is 44.4 Å². The first kappa shape index (κ1) is 18.2. The van der Waals surface area contributed by atoms with E-state index in [0.717, 1.165) is 0 Å². The third-order valence-electron chi connectivity index (χ3n) is 4.08. The molecule has 7 nitrogen and oxygen atoms in total. The fourth-order valence-corrected chi connectivity index (χ4v) is 4.85. The molecule has 25 heavy (non-hydrogen) atoms. The van der Waals surface area contributed by atoms with E-state index in [1.807, 2.05) is 0 Å². The van der Waals surface area contributed by atoms with Crippen molar-refractivity contribution in [2.75, 3.05) is 26.2 Å². The first-order valence-electron chi connectivity index (χ1n) is 7.53. The van der Waals surface area contributed by atoms with Crippen LogP contribution in [0.1, 0.15) is 10.5 Å². The normalized spacial score (nSPS) is 16.2. The molecule has 1 fully saturated rings. The summed E-state index contributed by atoms with van der Waals surface area (Å²) in [6, 6.07) is 5.97. The van der Waals surface area contributed by atoms with Crippen LogP contribution in [0.15, 0.2) is 35.4 Å². The summed E-state index contributed by atoms with van der Waals surface area (Å²) in [6.45, 7) is 0.965. The summed E-state index contributed by atoms with van der Waals surface area (Å²) in [6.07, 6.45) is 1.55. The fourth-order valence-electron chi connectivity index (χ4n) is 2.69. The Morgan fingerprint density at radius 2 is 1.80 bits per heavy atom. The number of carbonyl (C=O) groups is 1. The number of piperazine rings is 1. The maximum absolute atomic E-state index is 12.8. The van der Waals surface area contributed by atoms with Crippen molar-refractivity contribution >= 4 is 39.1 Å². The Bertz CT molecular complexity index is 905. The Morgan fingerprint density at radius 1 is 1.12 bits per heavy atom. The van der Waals surface area contributed by atoms with Crippen LogP contribution < -0.4 is 0 Å². The second-order valence-electron chi connectivity index (χ2n) is 5.61. The lowest BCUT2D eigenvalue weighted by Gasteiger charge is -2.34. The summed E-state index contributed by atoms with van der Waals surface area (Å²) >= 11 is 11.9. The van der Waals surface area contributed by atoms with Gasteiger partial charge in [-0.1, -0.05) is 23.2 Å². The van der Waals surface area contributed by atoms with Gasteiger partial charge in [-0.3, -0.25) is 9.48 Å². The number of aryl methyl sites for hydroxylation is 1. The van der Waals surface area contributed by atoms with Crippen molar-refractivity contribution in [3.63, 3.8) is 0 Å². The molecule has 1 aromatic carbocycles. The van der Waals surface area contributed by atoms with Crippen LogP contribution in [0.2, 0.25) is 10.0 Å². The molecule has 2 heterocycles. The van der Waals surface area contributed by atoms with Crippen LogP contribution in [0.5, 0.6) is 0 Å². The first-order chi connectivity index (χ1) is 11.8. The number of benzene rings is 1. The predicted octanol–water partition coefficient (Wildman–Crippen LogP) is 1.87. The van der Waals surface area contributed by atoms with E-state index >= 15 is 0 Å². The molecule has 0 saturated carbocycles. The van der Waals surface area contributed by atoms with Gasteiger partial charge in [0.05, 0.1) is 5.02 Å². The molecule has 0 bridgehead atoms. The Labute approximate surface area is 155 Å². The lowest BCUT2D eigenvalue weighted by Crippen LogP contribution is -2.50.